The number of carbonyl (C=O) groups excluding carboxylic acids is 1. The first kappa shape index (κ1) is 18.4. The van der Waals surface area contributed by atoms with Gasteiger partial charge in [-0.3, -0.25) is 9.69 Å². The number of anilines is 1. The van der Waals surface area contributed by atoms with Crippen LogP contribution in [0, 0.1) is 13.8 Å². The lowest BCUT2D eigenvalue weighted by Crippen LogP contribution is -2.48. The van der Waals surface area contributed by atoms with Crippen LogP contribution in [0.3, 0.4) is 0 Å². The lowest BCUT2D eigenvalue weighted by molar-refractivity contribution is 0.0925. The van der Waals surface area contributed by atoms with Crippen molar-refractivity contribution in [1.82, 2.24) is 19.4 Å². The normalized spacial score (nSPS) is 15.0. The highest BCUT2D eigenvalue weighted by Crippen LogP contribution is 2.21. The number of rotatable bonds is 5. The highest BCUT2D eigenvalue weighted by Gasteiger charge is 2.23. The number of para-hydroxylation sites is 1. The Morgan fingerprint density at radius 1 is 0.964 bits per heavy atom. The Bertz CT molecular complexity index is 944. The van der Waals surface area contributed by atoms with Gasteiger partial charge < -0.3 is 9.47 Å². The van der Waals surface area contributed by atoms with Crippen LogP contribution < -0.4 is 4.90 Å². The number of nitrogens with zero attached hydrogens (tertiary/aromatic N) is 5. The van der Waals surface area contributed by atoms with Gasteiger partial charge in [0.05, 0.1) is 6.54 Å². The molecule has 1 aromatic carbocycles. The van der Waals surface area contributed by atoms with E-state index in [1.165, 1.54) is 0 Å². The Morgan fingerprint density at radius 2 is 1.64 bits per heavy atom. The van der Waals surface area contributed by atoms with Crippen molar-refractivity contribution < 1.29 is 4.79 Å². The van der Waals surface area contributed by atoms with E-state index in [-0.39, 0.29) is 5.78 Å². The van der Waals surface area contributed by atoms with E-state index in [2.05, 4.69) is 43.4 Å². The molecule has 2 aromatic heterocycles. The number of aryl methyl sites for hydroxylation is 1. The zero-order valence-corrected chi connectivity index (χ0v) is 16.4. The van der Waals surface area contributed by atoms with E-state index in [0.717, 1.165) is 54.8 Å². The zero-order chi connectivity index (χ0) is 19.5. The van der Waals surface area contributed by atoms with Crippen LogP contribution in [0.1, 0.15) is 21.7 Å². The number of hydrogen-bond acceptors (Lipinski definition) is 5. The SMILES string of the molecule is Cc1cc(C(=O)CN2CCN(c3ncccn3)CC2)c(C)n1-c1ccccc1. The van der Waals surface area contributed by atoms with Crippen molar-refractivity contribution in [1.29, 1.82) is 0 Å². The molecule has 28 heavy (non-hydrogen) atoms. The predicted octanol–water partition coefficient (Wildman–Crippen LogP) is 2.89. The summed E-state index contributed by atoms with van der Waals surface area (Å²) in [6.45, 7) is 7.86. The first-order valence-corrected chi connectivity index (χ1v) is 9.65. The second-order valence-electron chi connectivity index (χ2n) is 7.19. The van der Waals surface area contributed by atoms with Gasteiger partial charge in [-0.15, -0.1) is 0 Å². The Morgan fingerprint density at radius 3 is 2.32 bits per heavy atom. The van der Waals surface area contributed by atoms with Crippen LogP contribution >= 0.6 is 0 Å². The van der Waals surface area contributed by atoms with Crippen LogP contribution in [0.25, 0.3) is 5.69 Å². The second kappa shape index (κ2) is 7.94. The molecule has 1 saturated heterocycles. The molecule has 0 radical (unpaired) electrons. The average Bonchev–Trinajstić information content (AvgIpc) is 3.04. The van der Waals surface area contributed by atoms with Crippen LogP contribution in [-0.4, -0.2) is 57.9 Å². The Labute approximate surface area is 165 Å². The maximum atomic E-state index is 13.0. The third-order valence-corrected chi connectivity index (χ3v) is 5.32. The van der Waals surface area contributed by atoms with Crippen LogP contribution in [0.15, 0.2) is 54.9 Å². The number of piperazine rings is 1. The highest BCUT2D eigenvalue weighted by molar-refractivity contribution is 5.99. The van der Waals surface area contributed by atoms with E-state index in [1.807, 2.05) is 37.3 Å². The van der Waals surface area contributed by atoms with Crippen LogP contribution in [-0.2, 0) is 0 Å². The van der Waals surface area contributed by atoms with Crippen molar-refractivity contribution in [3.8, 4) is 5.69 Å². The first-order valence-electron chi connectivity index (χ1n) is 9.65. The predicted molar refractivity (Wildman–Crippen MR) is 110 cm³/mol. The molecule has 0 N–H and O–H groups in total. The fraction of sp³-hybridized carbons (Fsp3) is 0.318. The number of carbonyl (C=O) groups is 1. The van der Waals surface area contributed by atoms with Crippen molar-refractivity contribution in [2.24, 2.45) is 0 Å². The number of benzene rings is 1. The smallest absolute Gasteiger partial charge is 0.225 e. The third-order valence-electron chi connectivity index (χ3n) is 5.32. The fourth-order valence-corrected chi connectivity index (χ4v) is 3.87. The number of aromatic nitrogens is 3. The monoisotopic (exact) mass is 375 g/mol. The average molecular weight is 375 g/mol. The molecular weight excluding hydrogens is 350 g/mol. The van der Waals surface area contributed by atoms with Gasteiger partial charge in [-0.1, -0.05) is 18.2 Å². The summed E-state index contributed by atoms with van der Waals surface area (Å²) in [5, 5.41) is 0. The molecule has 1 fully saturated rings. The summed E-state index contributed by atoms with van der Waals surface area (Å²) in [5.41, 5.74) is 3.99. The van der Waals surface area contributed by atoms with E-state index in [0.29, 0.717) is 6.54 Å². The maximum Gasteiger partial charge on any atom is 0.225 e. The van der Waals surface area contributed by atoms with Crippen molar-refractivity contribution in [3.05, 3.63) is 71.8 Å². The molecule has 0 saturated carbocycles. The fourth-order valence-electron chi connectivity index (χ4n) is 3.87. The summed E-state index contributed by atoms with van der Waals surface area (Å²) in [6, 6.07) is 14.0. The van der Waals surface area contributed by atoms with Gasteiger partial charge in [-0.2, -0.15) is 0 Å². The van der Waals surface area contributed by atoms with E-state index < -0.39 is 0 Å². The van der Waals surface area contributed by atoms with E-state index in [1.54, 1.807) is 12.4 Å². The molecule has 0 amide bonds. The van der Waals surface area contributed by atoms with Gasteiger partial charge in [-0.05, 0) is 38.1 Å². The van der Waals surface area contributed by atoms with Gasteiger partial charge in [0.25, 0.3) is 0 Å². The molecule has 3 heterocycles. The van der Waals surface area contributed by atoms with Gasteiger partial charge in [0, 0.05) is 61.2 Å². The second-order valence-corrected chi connectivity index (χ2v) is 7.19. The summed E-state index contributed by atoms with van der Waals surface area (Å²) >= 11 is 0. The molecule has 6 heteroatoms. The summed E-state index contributed by atoms with van der Waals surface area (Å²) in [4.78, 5) is 26.0. The Hall–Kier alpha value is -2.99. The minimum Gasteiger partial charge on any atom is -0.338 e. The molecule has 4 rings (SSSR count). The molecule has 1 aliphatic rings. The molecular formula is C22H25N5O. The molecule has 0 aliphatic carbocycles. The van der Waals surface area contributed by atoms with Crippen LogP contribution in [0.2, 0.25) is 0 Å². The van der Waals surface area contributed by atoms with Crippen molar-refractivity contribution in [2.45, 2.75) is 13.8 Å². The summed E-state index contributed by atoms with van der Waals surface area (Å²) in [7, 11) is 0. The van der Waals surface area contributed by atoms with Gasteiger partial charge in [0.1, 0.15) is 0 Å². The molecule has 3 aromatic rings. The highest BCUT2D eigenvalue weighted by atomic mass is 16.1. The third kappa shape index (κ3) is 3.68. The molecule has 0 bridgehead atoms. The number of Topliss-reactive ketones (excluding diaryl/α,β-unsaturated/α-hetero) is 1. The summed E-state index contributed by atoms with van der Waals surface area (Å²) in [5.74, 6) is 0.944. The molecule has 0 spiro atoms. The van der Waals surface area contributed by atoms with Crippen molar-refractivity contribution in [3.63, 3.8) is 0 Å². The molecule has 0 atom stereocenters. The van der Waals surface area contributed by atoms with E-state index >= 15 is 0 Å². The minimum atomic E-state index is 0.180. The van der Waals surface area contributed by atoms with E-state index in [9.17, 15) is 4.79 Å². The summed E-state index contributed by atoms with van der Waals surface area (Å²) in [6.07, 6.45) is 3.53. The van der Waals surface area contributed by atoms with Gasteiger partial charge in [0.2, 0.25) is 5.95 Å². The quantitative estimate of drug-likeness (QED) is 0.642. The largest absolute Gasteiger partial charge is 0.338 e. The summed E-state index contributed by atoms with van der Waals surface area (Å²) < 4.78 is 2.15. The molecule has 0 unspecified atom stereocenters. The van der Waals surface area contributed by atoms with Crippen LogP contribution in [0.5, 0.6) is 0 Å². The minimum absolute atomic E-state index is 0.180. The van der Waals surface area contributed by atoms with Crippen molar-refractivity contribution >= 4 is 11.7 Å². The topological polar surface area (TPSA) is 54.3 Å². The standard InChI is InChI=1S/C22H25N5O/c1-17-15-20(18(2)27(17)19-7-4-3-5-8-19)21(28)16-25-11-13-26(14-12-25)22-23-9-6-10-24-22/h3-10,15H,11-14,16H2,1-2H3. The van der Waals surface area contributed by atoms with Gasteiger partial charge in [-0.25, -0.2) is 9.97 Å². The van der Waals surface area contributed by atoms with Gasteiger partial charge in [0.15, 0.2) is 5.78 Å². The van der Waals surface area contributed by atoms with Gasteiger partial charge >= 0.3 is 0 Å². The lowest BCUT2D eigenvalue weighted by Gasteiger charge is -2.34. The number of ketones is 1. The van der Waals surface area contributed by atoms with Crippen molar-refractivity contribution in [2.75, 3.05) is 37.6 Å². The zero-order valence-electron chi connectivity index (χ0n) is 16.4. The lowest BCUT2D eigenvalue weighted by atomic mass is 10.1. The number of hydrogen-bond donors (Lipinski definition) is 0. The molecule has 1 aliphatic heterocycles. The Balaban J connectivity index is 1.43. The van der Waals surface area contributed by atoms with E-state index in [4.69, 9.17) is 0 Å². The maximum absolute atomic E-state index is 13.0. The first-order chi connectivity index (χ1) is 13.6. The molecule has 6 nitrogen and oxygen atoms in total. The molecule has 144 valence electrons. The Kier molecular flexibility index (Phi) is 5.21. The van der Waals surface area contributed by atoms with Crippen LogP contribution in [0.4, 0.5) is 5.95 Å².